The molecule has 0 radical (unpaired) electrons. The summed E-state index contributed by atoms with van der Waals surface area (Å²) in [6, 6.07) is 17.7. The van der Waals surface area contributed by atoms with E-state index in [1.165, 1.54) is 58.6 Å². The molecule has 0 bridgehead atoms. The van der Waals surface area contributed by atoms with Crippen molar-refractivity contribution in [2.75, 3.05) is 11.9 Å². The number of ether oxygens (including phenoxy) is 1. The number of carbonyl (C=O) groups excluding carboxylic acids is 2. The second-order valence-electron chi connectivity index (χ2n) is 8.76. The Morgan fingerprint density at radius 3 is 2.21 bits per heavy atom. The fourth-order valence-corrected chi connectivity index (χ4v) is 4.16. The molecule has 1 fully saturated rings. The molecule has 8 nitrogen and oxygen atoms in total. The van der Waals surface area contributed by atoms with E-state index in [-0.39, 0.29) is 36.5 Å². The predicted molar refractivity (Wildman–Crippen MR) is 136 cm³/mol. The summed E-state index contributed by atoms with van der Waals surface area (Å²) in [6.07, 6.45) is 4.97. The molecule has 1 aliphatic rings. The van der Waals surface area contributed by atoms with E-state index in [0.29, 0.717) is 23.6 Å². The predicted octanol–water partition coefficient (Wildman–Crippen LogP) is 4.67. The highest BCUT2D eigenvalue weighted by atomic mass is 19.1. The molecule has 1 N–H and O–H groups in total. The fourth-order valence-electron chi connectivity index (χ4n) is 4.16. The number of anilines is 1. The lowest BCUT2D eigenvalue weighted by molar-refractivity contribution is -0.137. The number of hydrogen-bond donors (Lipinski definition) is 1. The van der Waals surface area contributed by atoms with Crippen LogP contribution < -0.4 is 10.1 Å². The Hall–Kier alpha value is -4.86. The molecule has 3 aromatic carbocycles. The first-order chi connectivity index (χ1) is 18.4. The van der Waals surface area contributed by atoms with Gasteiger partial charge in [-0.1, -0.05) is 18.2 Å². The molecule has 4 aromatic rings. The highest BCUT2D eigenvalue weighted by Gasteiger charge is 2.36. The van der Waals surface area contributed by atoms with Gasteiger partial charge in [0.1, 0.15) is 48.4 Å². The highest BCUT2D eigenvalue weighted by Crippen LogP contribution is 2.28. The Morgan fingerprint density at radius 1 is 0.947 bits per heavy atom. The Bertz CT molecular complexity index is 1440. The number of likely N-dealkylation sites (tertiary alicyclic amines) is 1. The molecule has 1 unspecified atom stereocenters. The summed E-state index contributed by atoms with van der Waals surface area (Å²) in [6.45, 7) is 0.205. The van der Waals surface area contributed by atoms with Crippen molar-refractivity contribution in [3.63, 3.8) is 0 Å². The molecule has 0 aliphatic carbocycles. The minimum absolute atomic E-state index is 0.0525. The van der Waals surface area contributed by atoms with Crippen LogP contribution in [0.15, 0.2) is 91.0 Å². The lowest BCUT2D eigenvalue weighted by Gasteiger charge is -2.23. The number of aromatic nitrogens is 3. The quantitative estimate of drug-likeness (QED) is 0.386. The van der Waals surface area contributed by atoms with E-state index in [1.54, 1.807) is 36.4 Å². The van der Waals surface area contributed by atoms with Crippen molar-refractivity contribution in [2.24, 2.45) is 0 Å². The average Bonchev–Trinajstić information content (AvgIpc) is 3.58. The van der Waals surface area contributed by atoms with Gasteiger partial charge in [-0.25, -0.2) is 18.4 Å². The van der Waals surface area contributed by atoms with Crippen molar-refractivity contribution in [1.29, 1.82) is 0 Å². The number of amides is 2. The zero-order chi connectivity index (χ0) is 26.5. The summed E-state index contributed by atoms with van der Waals surface area (Å²) in [7, 11) is 0. The van der Waals surface area contributed by atoms with Gasteiger partial charge in [0.05, 0.1) is 0 Å². The third kappa shape index (κ3) is 6.09. The second kappa shape index (κ2) is 11.0. The van der Waals surface area contributed by atoms with Crippen LogP contribution in [0.4, 0.5) is 14.5 Å². The SMILES string of the molecule is O=C(Nc1ccc(Oc2ccc(F)cc2)cc1)C1CC(=Cc2ccc(F)cc2)CN1C(=O)Cn1cncn1. The first-order valence-electron chi connectivity index (χ1n) is 11.8. The van der Waals surface area contributed by atoms with Crippen LogP contribution in [0.25, 0.3) is 6.08 Å². The van der Waals surface area contributed by atoms with Gasteiger partial charge in [-0.2, -0.15) is 5.10 Å². The van der Waals surface area contributed by atoms with Gasteiger partial charge in [0.25, 0.3) is 0 Å². The number of benzene rings is 3. The molecular formula is C28H23F2N5O3. The van der Waals surface area contributed by atoms with Crippen molar-refractivity contribution < 1.29 is 23.1 Å². The van der Waals surface area contributed by atoms with Gasteiger partial charge in [0, 0.05) is 12.2 Å². The normalized spacial score (nSPS) is 16.0. The molecule has 2 heterocycles. The monoisotopic (exact) mass is 515 g/mol. The van der Waals surface area contributed by atoms with Crippen molar-refractivity contribution >= 4 is 23.6 Å². The molecular weight excluding hydrogens is 492 g/mol. The van der Waals surface area contributed by atoms with Crippen LogP contribution in [0.1, 0.15) is 12.0 Å². The lowest BCUT2D eigenvalue weighted by atomic mass is 10.1. The van der Waals surface area contributed by atoms with Crippen molar-refractivity contribution in [3.8, 4) is 11.5 Å². The summed E-state index contributed by atoms with van der Waals surface area (Å²) in [5.41, 5.74) is 2.18. The highest BCUT2D eigenvalue weighted by molar-refractivity contribution is 5.98. The molecule has 1 aliphatic heterocycles. The summed E-state index contributed by atoms with van der Waals surface area (Å²) < 4.78 is 33.5. The largest absolute Gasteiger partial charge is 0.457 e. The molecule has 38 heavy (non-hydrogen) atoms. The fraction of sp³-hybridized carbons (Fsp3) is 0.143. The molecule has 1 aromatic heterocycles. The van der Waals surface area contributed by atoms with Crippen LogP contribution in [-0.4, -0.2) is 44.1 Å². The molecule has 2 amide bonds. The zero-order valence-corrected chi connectivity index (χ0v) is 20.1. The molecule has 0 spiro atoms. The molecule has 0 saturated carbocycles. The Balaban J connectivity index is 1.30. The maximum atomic E-state index is 13.3. The summed E-state index contributed by atoms with van der Waals surface area (Å²) in [4.78, 5) is 31.8. The molecule has 10 heteroatoms. The van der Waals surface area contributed by atoms with E-state index in [4.69, 9.17) is 4.74 Å². The molecule has 1 atom stereocenters. The first-order valence-corrected chi connectivity index (χ1v) is 11.8. The maximum Gasteiger partial charge on any atom is 0.247 e. The van der Waals surface area contributed by atoms with Crippen LogP contribution in [-0.2, 0) is 16.1 Å². The van der Waals surface area contributed by atoms with Crippen molar-refractivity contribution in [1.82, 2.24) is 19.7 Å². The summed E-state index contributed by atoms with van der Waals surface area (Å²) >= 11 is 0. The van der Waals surface area contributed by atoms with Gasteiger partial charge in [-0.05, 0) is 78.2 Å². The number of nitrogens with one attached hydrogen (secondary N) is 1. The average molecular weight is 516 g/mol. The van der Waals surface area contributed by atoms with E-state index in [2.05, 4.69) is 15.4 Å². The maximum absolute atomic E-state index is 13.3. The minimum Gasteiger partial charge on any atom is -0.457 e. The molecule has 192 valence electrons. The lowest BCUT2D eigenvalue weighted by Crippen LogP contribution is -2.44. The van der Waals surface area contributed by atoms with E-state index in [1.807, 2.05) is 6.08 Å². The number of hydrogen-bond acceptors (Lipinski definition) is 5. The van der Waals surface area contributed by atoms with Crippen LogP contribution in [0, 0.1) is 11.6 Å². The van der Waals surface area contributed by atoms with Crippen LogP contribution in [0.3, 0.4) is 0 Å². The topological polar surface area (TPSA) is 89.4 Å². The van der Waals surface area contributed by atoms with Gasteiger partial charge in [-0.15, -0.1) is 0 Å². The molecule has 1 saturated heterocycles. The van der Waals surface area contributed by atoms with Gasteiger partial charge in [0.15, 0.2) is 0 Å². The van der Waals surface area contributed by atoms with Crippen molar-refractivity contribution in [2.45, 2.75) is 19.0 Å². The summed E-state index contributed by atoms with van der Waals surface area (Å²) in [5.74, 6) is -0.310. The van der Waals surface area contributed by atoms with Crippen molar-refractivity contribution in [3.05, 3.63) is 108 Å². The number of nitrogens with zero attached hydrogens (tertiary/aromatic N) is 4. The third-order valence-corrected chi connectivity index (χ3v) is 6.00. The Kier molecular flexibility index (Phi) is 7.21. The van der Waals surface area contributed by atoms with E-state index >= 15 is 0 Å². The van der Waals surface area contributed by atoms with Crippen LogP contribution in [0.5, 0.6) is 11.5 Å². The molecule has 5 rings (SSSR count). The van der Waals surface area contributed by atoms with Gasteiger partial charge in [0.2, 0.25) is 11.8 Å². The van der Waals surface area contributed by atoms with Crippen LogP contribution >= 0.6 is 0 Å². The minimum atomic E-state index is -0.743. The van der Waals surface area contributed by atoms with Gasteiger partial charge in [-0.3, -0.25) is 9.59 Å². The van der Waals surface area contributed by atoms with E-state index in [0.717, 1.165) is 11.1 Å². The van der Waals surface area contributed by atoms with Gasteiger partial charge >= 0.3 is 0 Å². The number of halogens is 2. The van der Waals surface area contributed by atoms with Crippen LogP contribution in [0.2, 0.25) is 0 Å². The Labute approximate surface area is 217 Å². The summed E-state index contributed by atoms with van der Waals surface area (Å²) in [5, 5.41) is 6.85. The standard InChI is InChI=1S/C28H23F2N5O3/c29-21-3-1-19(2-4-21)13-20-14-26(35(15-20)27(36)16-34-18-31-17-32-34)28(37)33-23-7-11-25(12-8-23)38-24-9-5-22(30)6-10-24/h1-13,17-18,26H,14-16H2,(H,33,37). The Morgan fingerprint density at radius 2 is 1.58 bits per heavy atom. The zero-order valence-electron chi connectivity index (χ0n) is 20.1. The van der Waals surface area contributed by atoms with E-state index < -0.39 is 6.04 Å². The van der Waals surface area contributed by atoms with E-state index in [9.17, 15) is 18.4 Å². The number of rotatable bonds is 7. The third-order valence-electron chi connectivity index (χ3n) is 6.00. The number of carbonyl (C=O) groups is 2. The smallest absolute Gasteiger partial charge is 0.247 e. The van der Waals surface area contributed by atoms with Gasteiger partial charge < -0.3 is 15.0 Å². The second-order valence-corrected chi connectivity index (χ2v) is 8.76. The first kappa shape index (κ1) is 24.8.